The maximum absolute atomic E-state index is 12.2. The molecule has 1 atom stereocenters. The number of piperazine rings is 1. The molecule has 0 bridgehead atoms. The molecule has 22 heavy (non-hydrogen) atoms. The predicted molar refractivity (Wildman–Crippen MR) is 82.0 cm³/mol. The van der Waals surface area contributed by atoms with Crippen molar-refractivity contribution in [2.45, 2.75) is 6.10 Å². The van der Waals surface area contributed by atoms with Gasteiger partial charge in [0.2, 0.25) is 0 Å². The van der Waals surface area contributed by atoms with E-state index < -0.39 is 0 Å². The Hall–Kier alpha value is -1.86. The summed E-state index contributed by atoms with van der Waals surface area (Å²) >= 11 is 0. The number of nitrogens with one attached hydrogen (secondary N) is 1. The Morgan fingerprint density at radius 1 is 1.27 bits per heavy atom. The van der Waals surface area contributed by atoms with Crippen LogP contribution >= 0.6 is 0 Å². The monoisotopic (exact) mass is 306 g/mol. The summed E-state index contributed by atoms with van der Waals surface area (Å²) in [5.41, 5.74) is 0. The molecule has 0 spiro atoms. The smallest absolute Gasteiger partial charge is 0.317 e. The summed E-state index contributed by atoms with van der Waals surface area (Å²) in [7, 11) is 0. The average Bonchev–Trinajstić information content (AvgIpc) is 2.61. The van der Waals surface area contributed by atoms with E-state index in [-0.39, 0.29) is 12.1 Å². The van der Waals surface area contributed by atoms with Crippen LogP contribution in [0.3, 0.4) is 0 Å². The van der Waals surface area contributed by atoms with Gasteiger partial charge < -0.3 is 24.6 Å². The van der Waals surface area contributed by atoms with Crippen molar-refractivity contribution in [2.75, 3.05) is 57.4 Å². The highest BCUT2D eigenvalue weighted by molar-refractivity contribution is 5.74. The number of carbonyl (C=O) groups is 1. The lowest BCUT2D eigenvalue weighted by Gasteiger charge is -2.35. The van der Waals surface area contributed by atoms with E-state index in [1.807, 2.05) is 23.1 Å². The molecule has 3 heterocycles. The summed E-state index contributed by atoms with van der Waals surface area (Å²) in [5, 5.41) is 2.92. The molecule has 7 heteroatoms. The number of carbonyl (C=O) groups excluding carboxylic acids is 1. The Morgan fingerprint density at radius 3 is 2.82 bits per heavy atom. The van der Waals surface area contributed by atoms with Crippen molar-refractivity contribution in [1.29, 1.82) is 0 Å². The van der Waals surface area contributed by atoms with Crippen LogP contribution in [0, 0.1) is 0 Å². The minimum atomic E-state index is -0.0347. The van der Waals surface area contributed by atoms with Crippen LogP contribution in [0.5, 0.6) is 0 Å². The lowest BCUT2D eigenvalue weighted by molar-refractivity contribution is -0.0856. The summed E-state index contributed by atoms with van der Waals surface area (Å²) in [6, 6.07) is 5.85. The van der Waals surface area contributed by atoms with Gasteiger partial charge in [0.05, 0.1) is 25.9 Å². The van der Waals surface area contributed by atoms with Gasteiger partial charge in [-0.05, 0) is 12.1 Å². The van der Waals surface area contributed by atoms with E-state index in [2.05, 4.69) is 15.2 Å². The molecule has 0 saturated carbocycles. The number of urea groups is 1. The van der Waals surface area contributed by atoms with Gasteiger partial charge in [0.1, 0.15) is 5.82 Å². The standard InChI is InChI=1S/C15H22N4O3/c20-15(17-11-13-12-21-9-10-22-13)19-7-5-18(6-8-19)14-3-1-2-4-16-14/h1-4,13H,5-12H2,(H,17,20)/t13-/m0/s1. The second-order valence-electron chi connectivity index (χ2n) is 5.42. The molecular weight excluding hydrogens is 284 g/mol. The molecule has 1 aromatic rings. The van der Waals surface area contributed by atoms with Crippen LogP contribution in [0.4, 0.5) is 10.6 Å². The molecule has 0 radical (unpaired) electrons. The number of amides is 2. The van der Waals surface area contributed by atoms with Crippen LogP contribution in [-0.4, -0.2) is 74.6 Å². The minimum absolute atomic E-state index is 0.0326. The third kappa shape index (κ3) is 3.86. The zero-order valence-corrected chi connectivity index (χ0v) is 12.6. The Morgan fingerprint density at radius 2 is 2.14 bits per heavy atom. The van der Waals surface area contributed by atoms with Crippen LogP contribution in [0.2, 0.25) is 0 Å². The fourth-order valence-corrected chi connectivity index (χ4v) is 2.65. The van der Waals surface area contributed by atoms with Crippen molar-refractivity contribution in [1.82, 2.24) is 15.2 Å². The van der Waals surface area contributed by atoms with Crippen molar-refractivity contribution < 1.29 is 14.3 Å². The van der Waals surface area contributed by atoms with Crippen molar-refractivity contribution in [3.63, 3.8) is 0 Å². The molecule has 2 aliphatic heterocycles. The van der Waals surface area contributed by atoms with E-state index in [1.165, 1.54) is 0 Å². The van der Waals surface area contributed by atoms with Gasteiger partial charge in [-0.2, -0.15) is 0 Å². The molecule has 2 fully saturated rings. The molecule has 2 aliphatic rings. The average molecular weight is 306 g/mol. The zero-order valence-electron chi connectivity index (χ0n) is 12.6. The fourth-order valence-electron chi connectivity index (χ4n) is 2.65. The number of pyridine rings is 1. The van der Waals surface area contributed by atoms with Gasteiger partial charge in [-0.1, -0.05) is 6.07 Å². The van der Waals surface area contributed by atoms with Crippen LogP contribution in [0.15, 0.2) is 24.4 Å². The molecular formula is C15H22N4O3. The van der Waals surface area contributed by atoms with Crippen molar-refractivity contribution in [3.05, 3.63) is 24.4 Å². The summed E-state index contributed by atoms with van der Waals surface area (Å²) in [5.74, 6) is 0.968. The van der Waals surface area contributed by atoms with E-state index in [1.54, 1.807) is 6.20 Å². The van der Waals surface area contributed by atoms with E-state index in [9.17, 15) is 4.79 Å². The Kier molecular flexibility index (Phi) is 5.07. The van der Waals surface area contributed by atoms with Gasteiger partial charge in [0.15, 0.2) is 0 Å². The van der Waals surface area contributed by atoms with Gasteiger partial charge in [0.25, 0.3) is 0 Å². The van der Waals surface area contributed by atoms with Crippen molar-refractivity contribution in [2.24, 2.45) is 0 Å². The number of hydrogen-bond acceptors (Lipinski definition) is 5. The first-order chi connectivity index (χ1) is 10.8. The van der Waals surface area contributed by atoms with Crippen LogP contribution in [0.25, 0.3) is 0 Å². The largest absolute Gasteiger partial charge is 0.376 e. The quantitative estimate of drug-likeness (QED) is 0.871. The van der Waals surface area contributed by atoms with Gasteiger partial charge in [-0.3, -0.25) is 0 Å². The molecule has 0 aromatic carbocycles. The van der Waals surface area contributed by atoms with Crippen LogP contribution < -0.4 is 10.2 Å². The second-order valence-corrected chi connectivity index (χ2v) is 5.42. The van der Waals surface area contributed by atoms with Gasteiger partial charge in [0, 0.05) is 38.9 Å². The third-order valence-electron chi connectivity index (χ3n) is 3.91. The number of anilines is 1. The summed E-state index contributed by atoms with van der Waals surface area (Å²) in [6.07, 6.45) is 1.76. The first-order valence-electron chi connectivity index (χ1n) is 7.71. The number of ether oxygens (including phenoxy) is 2. The number of nitrogens with zero attached hydrogens (tertiary/aromatic N) is 3. The van der Waals surface area contributed by atoms with Crippen LogP contribution in [0.1, 0.15) is 0 Å². The van der Waals surface area contributed by atoms with E-state index >= 15 is 0 Å². The molecule has 0 aliphatic carbocycles. The lowest BCUT2D eigenvalue weighted by atomic mass is 10.3. The predicted octanol–water partition coefficient (Wildman–Crippen LogP) is 0.329. The normalized spacial score (nSPS) is 22.5. The zero-order chi connectivity index (χ0) is 15.2. The molecule has 1 aromatic heterocycles. The van der Waals surface area contributed by atoms with Gasteiger partial charge >= 0.3 is 6.03 Å². The summed E-state index contributed by atoms with van der Waals surface area (Å²) in [6.45, 7) is 5.28. The second kappa shape index (κ2) is 7.42. The molecule has 7 nitrogen and oxygen atoms in total. The number of rotatable bonds is 3. The van der Waals surface area contributed by atoms with Crippen molar-refractivity contribution in [3.8, 4) is 0 Å². The van der Waals surface area contributed by atoms with Gasteiger partial charge in [-0.25, -0.2) is 9.78 Å². The SMILES string of the molecule is O=C(NC[C@H]1COCCO1)N1CCN(c2ccccn2)CC1. The Bertz CT molecular complexity index is 471. The number of hydrogen-bond donors (Lipinski definition) is 1. The Balaban J connectivity index is 1.41. The molecule has 0 unspecified atom stereocenters. The minimum Gasteiger partial charge on any atom is -0.376 e. The summed E-state index contributed by atoms with van der Waals surface area (Å²) in [4.78, 5) is 20.5. The highest BCUT2D eigenvalue weighted by Crippen LogP contribution is 2.12. The fraction of sp³-hybridized carbons (Fsp3) is 0.600. The van der Waals surface area contributed by atoms with E-state index in [0.717, 1.165) is 18.9 Å². The molecule has 120 valence electrons. The maximum Gasteiger partial charge on any atom is 0.317 e. The van der Waals surface area contributed by atoms with Crippen LogP contribution in [-0.2, 0) is 9.47 Å². The third-order valence-corrected chi connectivity index (χ3v) is 3.91. The Labute approximate surface area is 130 Å². The topological polar surface area (TPSA) is 66.9 Å². The maximum atomic E-state index is 12.2. The molecule has 2 amide bonds. The first-order valence-corrected chi connectivity index (χ1v) is 7.71. The van der Waals surface area contributed by atoms with E-state index in [0.29, 0.717) is 39.5 Å². The molecule has 2 saturated heterocycles. The van der Waals surface area contributed by atoms with Gasteiger partial charge in [-0.15, -0.1) is 0 Å². The highest BCUT2D eigenvalue weighted by atomic mass is 16.6. The molecule has 1 N–H and O–H groups in total. The summed E-state index contributed by atoms with van der Waals surface area (Å²) < 4.78 is 10.8. The molecule has 3 rings (SSSR count). The highest BCUT2D eigenvalue weighted by Gasteiger charge is 2.23. The van der Waals surface area contributed by atoms with Crippen molar-refractivity contribution >= 4 is 11.8 Å². The number of aromatic nitrogens is 1. The lowest BCUT2D eigenvalue weighted by Crippen LogP contribution is -2.53. The first kappa shape index (κ1) is 15.1. The van der Waals surface area contributed by atoms with E-state index in [4.69, 9.17) is 9.47 Å².